The number of hydrogen-bond acceptors (Lipinski definition) is 5. The summed E-state index contributed by atoms with van der Waals surface area (Å²) < 4.78 is 44.3. The summed E-state index contributed by atoms with van der Waals surface area (Å²) in [5.41, 5.74) is -0.461. The van der Waals surface area contributed by atoms with E-state index in [2.05, 4.69) is 9.97 Å². The number of halogens is 3. The van der Waals surface area contributed by atoms with E-state index < -0.39 is 23.8 Å². The lowest BCUT2D eigenvalue weighted by Crippen LogP contribution is -2.54. The van der Waals surface area contributed by atoms with Gasteiger partial charge in [-0.2, -0.15) is 13.2 Å². The van der Waals surface area contributed by atoms with Gasteiger partial charge in [0.25, 0.3) is 0 Å². The Morgan fingerprint density at radius 2 is 1.96 bits per heavy atom. The molecule has 0 atom stereocenters. The number of nitrogens with zero attached hydrogens (tertiary/aromatic N) is 3. The number of rotatable bonds is 4. The Balaban J connectivity index is 1.69. The molecular weight excluding hydrogens is 339 g/mol. The van der Waals surface area contributed by atoms with Gasteiger partial charge in [0, 0.05) is 5.69 Å². The quantitative estimate of drug-likeness (QED) is 0.911. The molecule has 1 aliphatic heterocycles. The Bertz CT molecular complexity index is 805. The van der Waals surface area contributed by atoms with Gasteiger partial charge in [-0.3, -0.25) is 0 Å². The summed E-state index contributed by atoms with van der Waals surface area (Å²) in [7, 11) is 0. The molecule has 132 valence electrons. The first-order valence-corrected chi connectivity index (χ1v) is 7.41. The average molecular weight is 353 g/mol. The third kappa shape index (κ3) is 3.65. The van der Waals surface area contributed by atoms with Crippen LogP contribution in [0.2, 0.25) is 0 Å². The second-order valence-corrected chi connectivity index (χ2v) is 5.64. The predicted molar refractivity (Wildman–Crippen MR) is 81.8 cm³/mol. The van der Waals surface area contributed by atoms with Gasteiger partial charge in [0.1, 0.15) is 11.9 Å². The molecule has 0 unspecified atom stereocenters. The van der Waals surface area contributed by atoms with Gasteiger partial charge in [0.2, 0.25) is 5.95 Å². The van der Waals surface area contributed by atoms with Crippen molar-refractivity contribution >= 4 is 11.9 Å². The van der Waals surface area contributed by atoms with Gasteiger partial charge in [0.15, 0.2) is 5.69 Å². The SMILES string of the molecule is Cc1cc(C(=O)O)nc(N2CC(Oc3ccccc3C(F)(F)F)C2)n1. The molecule has 0 radical (unpaired) electrons. The standard InChI is InChI=1S/C16H14F3N3O3/c1-9-6-12(14(23)24)21-15(20-9)22-7-10(8-22)25-13-5-3-2-4-11(13)16(17,18)19/h2-6,10H,7-8H2,1H3,(H,23,24). The van der Waals surface area contributed by atoms with Crippen molar-refractivity contribution in [3.8, 4) is 5.75 Å². The van der Waals surface area contributed by atoms with E-state index in [9.17, 15) is 18.0 Å². The van der Waals surface area contributed by atoms with Crippen molar-refractivity contribution in [2.75, 3.05) is 18.0 Å². The Morgan fingerprint density at radius 3 is 2.60 bits per heavy atom. The van der Waals surface area contributed by atoms with Crippen LogP contribution in [0.25, 0.3) is 0 Å². The van der Waals surface area contributed by atoms with Crippen molar-refractivity contribution in [2.45, 2.75) is 19.2 Å². The number of aromatic carboxylic acids is 1. The number of alkyl halides is 3. The highest BCUT2D eigenvalue weighted by molar-refractivity contribution is 5.85. The molecule has 2 aromatic rings. The molecular formula is C16H14F3N3O3. The van der Waals surface area contributed by atoms with E-state index in [1.165, 1.54) is 24.3 Å². The number of carboxylic acids is 1. The van der Waals surface area contributed by atoms with E-state index in [0.717, 1.165) is 6.07 Å². The number of aryl methyl sites for hydroxylation is 1. The third-order valence-corrected chi connectivity index (χ3v) is 3.68. The summed E-state index contributed by atoms with van der Waals surface area (Å²) in [6.45, 7) is 2.19. The number of ether oxygens (including phenoxy) is 1. The van der Waals surface area contributed by atoms with Crippen LogP contribution in [0.3, 0.4) is 0 Å². The molecule has 6 nitrogen and oxygen atoms in total. The maximum absolute atomic E-state index is 13.0. The molecule has 1 aromatic carbocycles. The Morgan fingerprint density at radius 1 is 1.28 bits per heavy atom. The van der Waals surface area contributed by atoms with Crippen molar-refractivity contribution in [3.63, 3.8) is 0 Å². The largest absolute Gasteiger partial charge is 0.486 e. The Kier molecular flexibility index (Phi) is 4.23. The molecule has 2 heterocycles. The van der Waals surface area contributed by atoms with Gasteiger partial charge in [-0.1, -0.05) is 12.1 Å². The van der Waals surface area contributed by atoms with Gasteiger partial charge in [-0.15, -0.1) is 0 Å². The number of aromatic nitrogens is 2. The van der Waals surface area contributed by atoms with Gasteiger partial charge < -0.3 is 14.7 Å². The first-order valence-electron chi connectivity index (χ1n) is 7.41. The lowest BCUT2D eigenvalue weighted by Gasteiger charge is -2.39. The van der Waals surface area contributed by atoms with Gasteiger partial charge in [0.05, 0.1) is 18.7 Å². The van der Waals surface area contributed by atoms with Gasteiger partial charge in [-0.05, 0) is 25.1 Å². The summed E-state index contributed by atoms with van der Waals surface area (Å²) in [6.07, 6.45) is -4.95. The minimum absolute atomic E-state index is 0.130. The van der Waals surface area contributed by atoms with Crippen LogP contribution in [0.4, 0.5) is 19.1 Å². The summed E-state index contributed by atoms with van der Waals surface area (Å²) in [6, 6.07) is 6.37. The van der Waals surface area contributed by atoms with E-state index in [1.807, 2.05) is 0 Å². The van der Waals surface area contributed by atoms with Crippen LogP contribution in [-0.2, 0) is 6.18 Å². The van der Waals surface area contributed by atoms with Crippen molar-refractivity contribution in [1.29, 1.82) is 0 Å². The lowest BCUT2D eigenvalue weighted by molar-refractivity contribution is -0.139. The normalized spacial score (nSPS) is 15.0. The van der Waals surface area contributed by atoms with E-state index in [1.54, 1.807) is 11.8 Å². The van der Waals surface area contributed by atoms with Crippen LogP contribution >= 0.6 is 0 Å². The van der Waals surface area contributed by atoms with Crippen molar-refractivity contribution in [3.05, 3.63) is 47.3 Å². The monoisotopic (exact) mass is 353 g/mol. The molecule has 1 fully saturated rings. The average Bonchev–Trinajstić information content (AvgIpc) is 2.49. The number of benzene rings is 1. The second-order valence-electron chi connectivity index (χ2n) is 5.64. The zero-order valence-electron chi connectivity index (χ0n) is 13.1. The van der Waals surface area contributed by atoms with E-state index >= 15 is 0 Å². The fourth-order valence-corrected chi connectivity index (χ4v) is 2.46. The van der Waals surface area contributed by atoms with Crippen LogP contribution in [0.1, 0.15) is 21.7 Å². The highest BCUT2D eigenvalue weighted by atomic mass is 19.4. The molecule has 1 N–H and O–H groups in total. The van der Waals surface area contributed by atoms with Gasteiger partial charge >= 0.3 is 12.1 Å². The number of hydrogen-bond donors (Lipinski definition) is 1. The molecule has 0 amide bonds. The molecule has 1 saturated heterocycles. The van der Waals surface area contributed by atoms with Crippen LogP contribution in [0, 0.1) is 6.92 Å². The fraction of sp³-hybridized carbons (Fsp3) is 0.312. The summed E-state index contributed by atoms with van der Waals surface area (Å²) in [5, 5.41) is 9.02. The summed E-state index contributed by atoms with van der Waals surface area (Å²) in [5.74, 6) is -1.17. The lowest BCUT2D eigenvalue weighted by atomic mass is 10.1. The predicted octanol–water partition coefficient (Wildman–Crippen LogP) is 2.77. The molecule has 1 aliphatic rings. The van der Waals surface area contributed by atoms with Crippen molar-refractivity contribution in [1.82, 2.24) is 9.97 Å². The van der Waals surface area contributed by atoms with Crippen molar-refractivity contribution in [2.24, 2.45) is 0 Å². The maximum atomic E-state index is 13.0. The molecule has 25 heavy (non-hydrogen) atoms. The first kappa shape index (κ1) is 17.0. The smallest absolute Gasteiger partial charge is 0.419 e. The zero-order chi connectivity index (χ0) is 18.2. The minimum atomic E-state index is -4.49. The maximum Gasteiger partial charge on any atom is 0.419 e. The topological polar surface area (TPSA) is 75.5 Å². The highest BCUT2D eigenvalue weighted by Crippen LogP contribution is 2.37. The van der Waals surface area contributed by atoms with Gasteiger partial charge in [-0.25, -0.2) is 14.8 Å². The first-order chi connectivity index (χ1) is 11.7. The highest BCUT2D eigenvalue weighted by Gasteiger charge is 2.37. The van der Waals surface area contributed by atoms with Crippen LogP contribution in [0.15, 0.2) is 30.3 Å². The molecule has 3 rings (SSSR count). The third-order valence-electron chi connectivity index (χ3n) is 3.68. The summed E-state index contributed by atoms with van der Waals surface area (Å²) in [4.78, 5) is 20.8. The second kappa shape index (κ2) is 6.23. The Labute approximate surface area is 140 Å². The number of carboxylic acid groups (broad SMARTS) is 1. The van der Waals surface area contributed by atoms with Crippen LogP contribution < -0.4 is 9.64 Å². The van der Waals surface area contributed by atoms with Crippen molar-refractivity contribution < 1.29 is 27.8 Å². The fourth-order valence-electron chi connectivity index (χ4n) is 2.46. The molecule has 0 spiro atoms. The van der Waals surface area contributed by atoms with Crippen LogP contribution in [-0.4, -0.2) is 40.2 Å². The Hall–Kier alpha value is -2.84. The van der Waals surface area contributed by atoms with E-state index in [-0.39, 0.29) is 30.5 Å². The summed E-state index contributed by atoms with van der Waals surface area (Å²) >= 11 is 0. The molecule has 9 heteroatoms. The number of anilines is 1. The number of carbonyl (C=O) groups is 1. The van der Waals surface area contributed by atoms with E-state index in [0.29, 0.717) is 5.69 Å². The zero-order valence-corrected chi connectivity index (χ0v) is 13.1. The van der Waals surface area contributed by atoms with Crippen LogP contribution in [0.5, 0.6) is 5.75 Å². The number of para-hydroxylation sites is 1. The molecule has 0 saturated carbocycles. The molecule has 0 bridgehead atoms. The molecule has 1 aromatic heterocycles. The van der Waals surface area contributed by atoms with E-state index in [4.69, 9.17) is 9.84 Å². The molecule has 0 aliphatic carbocycles. The minimum Gasteiger partial charge on any atom is -0.486 e.